The van der Waals surface area contributed by atoms with Gasteiger partial charge in [0.2, 0.25) is 0 Å². The highest BCUT2D eigenvalue weighted by atomic mass is 35.5. The molecule has 0 aliphatic heterocycles. The fourth-order valence-corrected chi connectivity index (χ4v) is 4.20. The molecule has 5 aromatic rings. The van der Waals surface area contributed by atoms with Gasteiger partial charge in [0.05, 0.1) is 57.6 Å². The van der Waals surface area contributed by atoms with Gasteiger partial charge in [-0.15, -0.1) is 16.1 Å². The number of hydrogen-bond acceptors (Lipinski definition) is 7. The normalized spacial score (nSPS) is 11.8. The lowest BCUT2D eigenvalue weighted by molar-refractivity contribution is -0.143. The second-order valence-electron chi connectivity index (χ2n) is 6.61. The smallest absolute Gasteiger partial charge is 0.320 e. The van der Waals surface area contributed by atoms with E-state index in [1.807, 2.05) is 0 Å². The van der Waals surface area contributed by atoms with Crippen molar-refractivity contribution in [2.24, 2.45) is 0 Å². The van der Waals surface area contributed by atoms with Gasteiger partial charge >= 0.3 is 6.18 Å². The lowest BCUT2D eigenvalue weighted by atomic mass is 10.2. The molecule has 0 bridgehead atoms. The Morgan fingerprint density at radius 2 is 1.88 bits per heavy atom. The van der Waals surface area contributed by atoms with E-state index in [0.717, 1.165) is 6.20 Å². The molecule has 166 valence electrons. The molecule has 0 aliphatic rings. The summed E-state index contributed by atoms with van der Waals surface area (Å²) in [5, 5.41) is 16.4. The van der Waals surface area contributed by atoms with E-state index in [1.165, 1.54) is 47.0 Å². The molecule has 14 heteroatoms. The van der Waals surface area contributed by atoms with E-state index in [0.29, 0.717) is 14.8 Å². The molecule has 0 aliphatic carbocycles. The third-order valence-corrected chi connectivity index (χ3v) is 5.69. The van der Waals surface area contributed by atoms with Crippen molar-refractivity contribution in [3.05, 3.63) is 71.0 Å². The number of halogens is 4. The topological polar surface area (TPSA) is 103 Å². The number of carbonyl (C=O) groups is 1. The predicted molar refractivity (Wildman–Crippen MR) is 114 cm³/mol. The van der Waals surface area contributed by atoms with Crippen LogP contribution in [0.4, 0.5) is 18.9 Å². The summed E-state index contributed by atoms with van der Waals surface area (Å²) < 4.78 is 43.4. The van der Waals surface area contributed by atoms with Crippen molar-refractivity contribution in [2.75, 3.05) is 5.32 Å². The number of anilines is 1. The van der Waals surface area contributed by atoms with E-state index < -0.39 is 23.3 Å². The molecule has 1 amide bonds. The van der Waals surface area contributed by atoms with Crippen LogP contribution in [-0.2, 0) is 6.18 Å². The van der Waals surface area contributed by atoms with Crippen LogP contribution in [0.3, 0.4) is 0 Å². The summed E-state index contributed by atoms with van der Waals surface area (Å²) in [7, 11) is 0. The van der Waals surface area contributed by atoms with E-state index >= 15 is 0 Å². The Hall–Kier alpha value is -3.84. The van der Waals surface area contributed by atoms with Gasteiger partial charge in [-0.1, -0.05) is 11.6 Å². The number of nitrogens with one attached hydrogen (secondary N) is 1. The summed E-state index contributed by atoms with van der Waals surface area (Å²) in [4.78, 5) is 22.0. The molecule has 0 atom stereocenters. The zero-order valence-electron chi connectivity index (χ0n) is 16.2. The number of aromatic nitrogens is 7. The van der Waals surface area contributed by atoms with Gasteiger partial charge in [0, 0.05) is 11.6 Å². The molecular formula is C19H10ClF3N8OS. The maximum atomic E-state index is 14.0. The molecule has 0 radical (unpaired) electrons. The van der Waals surface area contributed by atoms with Gasteiger partial charge in [-0.25, -0.2) is 9.67 Å². The van der Waals surface area contributed by atoms with Crippen LogP contribution >= 0.6 is 22.9 Å². The molecule has 9 nitrogen and oxygen atoms in total. The van der Waals surface area contributed by atoms with E-state index in [1.54, 1.807) is 17.6 Å². The highest BCUT2D eigenvalue weighted by Crippen LogP contribution is 2.36. The molecule has 5 rings (SSSR count). The predicted octanol–water partition coefficient (Wildman–Crippen LogP) is 4.38. The van der Waals surface area contributed by atoms with Crippen LogP contribution in [0.5, 0.6) is 0 Å². The Balaban J connectivity index is 1.52. The lowest BCUT2D eigenvalue weighted by Gasteiger charge is -2.13. The Kier molecular flexibility index (Phi) is 5.06. The molecule has 1 N–H and O–H groups in total. The maximum absolute atomic E-state index is 14.0. The average molecular weight is 491 g/mol. The number of pyridine rings is 2. The molecule has 0 fully saturated rings. The summed E-state index contributed by atoms with van der Waals surface area (Å²) in [6.07, 6.45) is 2.90. The first kappa shape index (κ1) is 21.0. The number of thiophene rings is 1. The Morgan fingerprint density at radius 3 is 2.61 bits per heavy atom. The first-order valence-corrected chi connectivity index (χ1v) is 10.4. The van der Waals surface area contributed by atoms with Crippen molar-refractivity contribution >= 4 is 44.6 Å². The molecule has 0 saturated carbocycles. The van der Waals surface area contributed by atoms with Gasteiger partial charge in [-0.05, 0) is 17.5 Å². The second kappa shape index (κ2) is 7.94. The Bertz CT molecular complexity index is 1480. The number of fused-ring (bicyclic) bond motifs is 1. The number of amides is 1. The first-order valence-electron chi connectivity index (χ1n) is 9.13. The van der Waals surface area contributed by atoms with Crippen LogP contribution in [-0.4, -0.2) is 40.6 Å². The van der Waals surface area contributed by atoms with Crippen molar-refractivity contribution < 1.29 is 18.0 Å². The summed E-state index contributed by atoms with van der Waals surface area (Å²) in [6, 6.07) is 3.00. The molecular weight excluding hydrogens is 481 g/mol. The molecule has 0 saturated heterocycles. The minimum Gasteiger partial charge on any atom is -0.320 e. The van der Waals surface area contributed by atoms with Crippen LogP contribution in [0, 0.1) is 0 Å². The van der Waals surface area contributed by atoms with Gasteiger partial charge in [-0.3, -0.25) is 9.78 Å². The van der Waals surface area contributed by atoms with Crippen LogP contribution in [0.25, 0.3) is 21.6 Å². The summed E-state index contributed by atoms with van der Waals surface area (Å²) >= 11 is 7.50. The van der Waals surface area contributed by atoms with Crippen molar-refractivity contribution in [1.29, 1.82) is 0 Å². The van der Waals surface area contributed by atoms with E-state index in [4.69, 9.17) is 11.6 Å². The van der Waals surface area contributed by atoms with Gasteiger partial charge in [0.25, 0.3) is 5.91 Å². The molecule has 0 aromatic carbocycles. The van der Waals surface area contributed by atoms with Gasteiger partial charge in [0.15, 0.2) is 11.5 Å². The van der Waals surface area contributed by atoms with E-state index in [-0.39, 0.29) is 22.2 Å². The summed E-state index contributed by atoms with van der Waals surface area (Å²) in [6.45, 7) is 0. The molecule has 5 heterocycles. The monoisotopic (exact) mass is 490 g/mol. The van der Waals surface area contributed by atoms with Crippen molar-refractivity contribution in [3.8, 4) is 11.5 Å². The summed E-state index contributed by atoms with van der Waals surface area (Å²) in [5.74, 6) is -0.832. The highest BCUT2D eigenvalue weighted by Gasteiger charge is 2.41. The fourth-order valence-electron chi connectivity index (χ4n) is 3.19. The van der Waals surface area contributed by atoms with Crippen LogP contribution < -0.4 is 5.32 Å². The van der Waals surface area contributed by atoms with Crippen LogP contribution in [0.1, 0.15) is 16.1 Å². The third kappa shape index (κ3) is 3.81. The van der Waals surface area contributed by atoms with Crippen LogP contribution in [0.2, 0.25) is 5.02 Å². The number of rotatable bonds is 4. The second-order valence-corrected chi connectivity index (χ2v) is 7.96. The lowest BCUT2D eigenvalue weighted by Crippen LogP contribution is -2.21. The van der Waals surface area contributed by atoms with E-state index in [9.17, 15) is 18.0 Å². The SMILES string of the molecule is O=C(Nc1cnc(-n2nccn2)c(Cl)c1)c1cnn(-c2cncc3sccc23)c1C(F)(F)F. The molecule has 33 heavy (non-hydrogen) atoms. The van der Waals surface area contributed by atoms with Gasteiger partial charge < -0.3 is 5.32 Å². The van der Waals surface area contributed by atoms with Crippen molar-refractivity contribution in [2.45, 2.75) is 6.18 Å². The zero-order valence-corrected chi connectivity index (χ0v) is 17.7. The van der Waals surface area contributed by atoms with Crippen molar-refractivity contribution in [1.82, 2.24) is 34.7 Å². The molecule has 5 aromatic heterocycles. The Morgan fingerprint density at radius 1 is 1.09 bits per heavy atom. The maximum Gasteiger partial charge on any atom is 0.434 e. The number of nitrogens with zero attached hydrogens (tertiary/aromatic N) is 7. The number of carbonyl (C=O) groups excluding carboxylic acids is 1. The third-order valence-electron chi connectivity index (χ3n) is 4.56. The van der Waals surface area contributed by atoms with Crippen molar-refractivity contribution in [3.63, 3.8) is 0 Å². The quantitative estimate of drug-likeness (QED) is 0.401. The largest absolute Gasteiger partial charge is 0.434 e. The molecule has 0 spiro atoms. The van der Waals surface area contributed by atoms with Gasteiger partial charge in [-0.2, -0.15) is 28.5 Å². The number of hydrogen-bond donors (Lipinski definition) is 1. The minimum atomic E-state index is -4.87. The average Bonchev–Trinajstić information content (AvgIpc) is 3.52. The molecule has 0 unspecified atom stereocenters. The first-order chi connectivity index (χ1) is 15.8. The van der Waals surface area contributed by atoms with E-state index in [2.05, 4.69) is 30.6 Å². The standard InChI is InChI=1S/C19H10ClF3N8OS/c20-13-5-10(6-25-17(13)31-26-2-3-27-31)29-18(32)12-7-28-30(16(12)19(21,22)23)14-8-24-9-15-11(14)1-4-33-15/h1-9H,(H,29,32). The fraction of sp³-hybridized carbons (Fsp3) is 0.0526. The minimum absolute atomic E-state index is 0.0865. The van der Waals surface area contributed by atoms with Gasteiger partial charge in [0.1, 0.15) is 0 Å². The number of alkyl halides is 3. The van der Waals surface area contributed by atoms with Crippen LogP contribution in [0.15, 0.2) is 54.7 Å². The zero-order chi connectivity index (χ0) is 23.2. The summed E-state index contributed by atoms with van der Waals surface area (Å²) in [5.41, 5.74) is -1.69. The highest BCUT2D eigenvalue weighted by molar-refractivity contribution is 7.17. The Labute approximate surface area is 191 Å².